The summed E-state index contributed by atoms with van der Waals surface area (Å²) < 4.78 is 9.66. The molecule has 1 aromatic heterocycles. The van der Waals surface area contributed by atoms with E-state index in [1.807, 2.05) is 0 Å². The summed E-state index contributed by atoms with van der Waals surface area (Å²) in [6.07, 6.45) is 1.39. The lowest BCUT2D eigenvalue weighted by atomic mass is 9.95. The van der Waals surface area contributed by atoms with E-state index in [1.54, 1.807) is 12.1 Å². The average Bonchev–Trinajstić information content (AvgIpc) is 3.21. The molecule has 0 aliphatic carbocycles. The fourth-order valence-corrected chi connectivity index (χ4v) is 2.91. The molecule has 0 saturated heterocycles. The third-order valence-corrected chi connectivity index (χ3v) is 4.11. The minimum Gasteiger partial charge on any atom is -0.459 e. The molecule has 4 rings (SSSR count). The molecule has 2 aromatic carbocycles. The van der Waals surface area contributed by atoms with Gasteiger partial charge in [-0.25, -0.2) is 9.59 Å². The Morgan fingerprint density at radius 2 is 1.73 bits per heavy atom. The van der Waals surface area contributed by atoms with E-state index in [1.165, 1.54) is 30.5 Å². The molecule has 0 atom stereocenters. The Balaban J connectivity index is 1.88. The second-order valence-electron chi connectivity index (χ2n) is 5.58. The Kier molecular flexibility index (Phi) is 3.37. The van der Waals surface area contributed by atoms with E-state index in [0.717, 1.165) is 0 Å². The number of cyclic esters (lactones) is 2. The normalized spacial score (nSPS) is 12.8. The SMILES string of the molecule is O=CC(=O)c1occ2cccc(C(=O)c3ccc4c(c3)C(=O)OC4=O)c12. The third-order valence-electron chi connectivity index (χ3n) is 4.11. The molecule has 0 spiro atoms. The van der Waals surface area contributed by atoms with Crippen molar-refractivity contribution in [2.45, 2.75) is 0 Å². The van der Waals surface area contributed by atoms with Gasteiger partial charge < -0.3 is 9.15 Å². The molecule has 1 aliphatic rings. The highest BCUT2D eigenvalue weighted by Gasteiger charge is 2.31. The molecule has 0 bridgehead atoms. The molecule has 7 heteroatoms. The van der Waals surface area contributed by atoms with Gasteiger partial charge in [-0.1, -0.05) is 24.3 Å². The highest BCUT2D eigenvalue weighted by molar-refractivity contribution is 6.36. The smallest absolute Gasteiger partial charge is 0.346 e. The van der Waals surface area contributed by atoms with Crippen molar-refractivity contribution in [2.75, 3.05) is 0 Å². The first-order chi connectivity index (χ1) is 12.5. The van der Waals surface area contributed by atoms with Crippen LogP contribution < -0.4 is 0 Å². The molecule has 0 amide bonds. The Bertz CT molecular complexity index is 1150. The summed E-state index contributed by atoms with van der Waals surface area (Å²) in [7, 11) is 0. The molecule has 3 aromatic rings. The number of carbonyl (C=O) groups is 5. The van der Waals surface area contributed by atoms with Gasteiger partial charge in [0, 0.05) is 21.9 Å². The van der Waals surface area contributed by atoms with Gasteiger partial charge >= 0.3 is 11.9 Å². The highest BCUT2D eigenvalue weighted by atomic mass is 16.6. The van der Waals surface area contributed by atoms with Gasteiger partial charge in [-0.15, -0.1) is 0 Å². The van der Waals surface area contributed by atoms with Gasteiger partial charge in [0.15, 0.2) is 17.8 Å². The van der Waals surface area contributed by atoms with Gasteiger partial charge in [-0.3, -0.25) is 14.4 Å². The van der Waals surface area contributed by atoms with Crippen LogP contribution >= 0.6 is 0 Å². The van der Waals surface area contributed by atoms with Crippen molar-refractivity contribution in [1.82, 2.24) is 0 Å². The van der Waals surface area contributed by atoms with E-state index in [2.05, 4.69) is 4.74 Å². The lowest BCUT2D eigenvalue weighted by Gasteiger charge is -2.05. The van der Waals surface area contributed by atoms with Gasteiger partial charge in [0.1, 0.15) is 0 Å². The van der Waals surface area contributed by atoms with Crippen molar-refractivity contribution in [3.05, 3.63) is 70.7 Å². The number of ketones is 2. The summed E-state index contributed by atoms with van der Waals surface area (Å²) in [6.45, 7) is 0. The number of fused-ring (bicyclic) bond motifs is 2. The van der Waals surface area contributed by atoms with E-state index >= 15 is 0 Å². The van der Waals surface area contributed by atoms with Crippen molar-refractivity contribution in [2.24, 2.45) is 0 Å². The number of hydrogen-bond donors (Lipinski definition) is 0. The summed E-state index contributed by atoms with van der Waals surface area (Å²) in [4.78, 5) is 58.7. The van der Waals surface area contributed by atoms with Crippen molar-refractivity contribution >= 4 is 40.6 Å². The van der Waals surface area contributed by atoms with Gasteiger partial charge in [0.05, 0.1) is 17.4 Å². The summed E-state index contributed by atoms with van der Waals surface area (Å²) in [5.74, 6) is -3.19. The Morgan fingerprint density at radius 1 is 0.962 bits per heavy atom. The van der Waals surface area contributed by atoms with Crippen LogP contribution in [0.15, 0.2) is 47.1 Å². The van der Waals surface area contributed by atoms with Crippen LogP contribution in [0.2, 0.25) is 0 Å². The second-order valence-corrected chi connectivity index (χ2v) is 5.58. The van der Waals surface area contributed by atoms with Crippen molar-refractivity contribution in [1.29, 1.82) is 0 Å². The minimum absolute atomic E-state index is 0.00408. The van der Waals surface area contributed by atoms with Crippen LogP contribution in [0.1, 0.15) is 47.2 Å². The van der Waals surface area contributed by atoms with Gasteiger partial charge in [0.2, 0.25) is 0 Å². The first kappa shape index (κ1) is 15.6. The number of furan rings is 1. The third kappa shape index (κ3) is 2.18. The Labute approximate surface area is 145 Å². The number of esters is 2. The van der Waals surface area contributed by atoms with Gasteiger partial charge in [-0.05, 0) is 12.1 Å². The molecule has 1 aliphatic heterocycles. The fourth-order valence-electron chi connectivity index (χ4n) is 2.91. The monoisotopic (exact) mass is 348 g/mol. The summed E-state index contributed by atoms with van der Waals surface area (Å²) in [5, 5.41) is 0.700. The first-order valence-corrected chi connectivity index (χ1v) is 7.46. The Hall–Kier alpha value is -3.87. The lowest BCUT2D eigenvalue weighted by Crippen LogP contribution is -2.06. The van der Waals surface area contributed by atoms with Crippen molar-refractivity contribution < 1.29 is 33.1 Å². The van der Waals surface area contributed by atoms with Crippen molar-refractivity contribution in [3.8, 4) is 0 Å². The van der Waals surface area contributed by atoms with E-state index < -0.39 is 23.5 Å². The Morgan fingerprint density at radius 3 is 2.50 bits per heavy atom. The number of aldehydes is 1. The molecule has 26 heavy (non-hydrogen) atoms. The molecule has 0 saturated carbocycles. The van der Waals surface area contributed by atoms with E-state index in [4.69, 9.17) is 4.42 Å². The number of ether oxygens (including phenoxy) is 1. The zero-order valence-electron chi connectivity index (χ0n) is 13.0. The van der Waals surface area contributed by atoms with Crippen LogP contribution in [-0.4, -0.2) is 29.8 Å². The molecule has 0 N–H and O–H groups in total. The lowest BCUT2D eigenvalue weighted by molar-refractivity contribution is -0.104. The van der Waals surface area contributed by atoms with E-state index in [9.17, 15) is 24.0 Å². The number of hydrogen-bond acceptors (Lipinski definition) is 7. The molecule has 126 valence electrons. The topological polar surface area (TPSA) is 108 Å². The maximum absolute atomic E-state index is 12.9. The number of rotatable bonds is 4. The van der Waals surface area contributed by atoms with Crippen LogP contribution in [0.25, 0.3) is 10.8 Å². The molecule has 0 radical (unpaired) electrons. The maximum Gasteiger partial charge on any atom is 0.346 e. The standard InChI is InChI=1S/C19H8O7/c20-7-14(21)17-15-10(8-25-17)2-1-3-12(15)16(22)9-4-5-11-13(6-9)19(24)26-18(11)23/h1-8H. The van der Waals surface area contributed by atoms with Crippen LogP contribution in [0.3, 0.4) is 0 Å². The molecule has 7 nitrogen and oxygen atoms in total. The summed E-state index contributed by atoms with van der Waals surface area (Å²) >= 11 is 0. The summed E-state index contributed by atoms with van der Waals surface area (Å²) in [5.41, 5.74) is 0.363. The second kappa shape index (κ2) is 5.59. The average molecular weight is 348 g/mol. The predicted octanol–water partition coefficient (Wildman–Crippen LogP) is 2.36. The number of benzene rings is 2. The minimum atomic E-state index is -0.886. The van der Waals surface area contributed by atoms with Crippen molar-refractivity contribution in [3.63, 3.8) is 0 Å². The summed E-state index contributed by atoms with van der Waals surface area (Å²) in [6, 6.07) is 8.72. The predicted molar refractivity (Wildman–Crippen MR) is 86.2 cm³/mol. The molecule has 2 heterocycles. The van der Waals surface area contributed by atoms with Crippen LogP contribution in [0.4, 0.5) is 0 Å². The number of carbonyl (C=O) groups excluding carboxylic acids is 5. The van der Waals surface area contributed by atoms with Gasteiger partial charge in [-0.2, -0.15) is 0 Å². The van der Waals surface area contributed by atoms with Crippen LogP contribution in [0.5, 0.6) is 0 Å². The molecular weight excluding hydrogens is 340 g/mol. The van der Waals surface area contributed by atoms with E-state index in [0.29, 0.717) is 5.39 Å². The first-order valence-electron chi connectivity index (χ1n) is 7.46. The van der Waals surface area contributed by atoms with Gasteiger partial charge in [0.25, 0.3) is 5.78 Å². The van der Waals surface area contributed by atoms with E-state index in [-0.39, 0.29) is 39.7 Å². The van der Waals surface area contributed by atoms with Crippen LogP contribution in [0, 0.1) is 0 Å². The molecule has 0 unspecified atom stereocenters. The molecular formula is C19H8O7. The zero-order valence-corrected chi connectivity index (χ0v) is 13.0. The van der Waals surface area contributed by atoms with Crippen LogP contribution in [-0.2, 0) is 9.53 Å². The number of Topliss-reactive ketones (excluding diaryl/α,β-unsaturated/α-hetero) is 1. The molecule has 0 fully saturated rings. The zero-order chi connectivity index (χ0) is 18.4. The fraction of sp³-hybridized carbons (Fsp3) is 0. The highest BCUT2D eigenvalue weighted by Crippen LogP contribution is 2.28. The quantitative estimate of drug-likeness (QED) is 0.234. The largest absolute Gasteiger partial charge is 0.459 e. The maximum atomic E-state index is 12.9.